The summed E-state index contributed by atoms with van der Waals surface area (Å²) in [5.74, 6) is -4.80. The fourth-order valence-electron chi connectivity index (χ4n) is 4.27. The SMILES string of the molecule is CC(=O)OC[C@H]1O[C@@H](O)[C@H](O[C@@H]2O[C@@H](C)[C@H](OC(C)=O)[C@@H](OC(C)=O)[C@H]2OC(C)=O)[C@@H](OC(C)=O)[C@@H]1OC(C)=O. The predicted molar refractivity (Wildman–Crippen MR) is 124 cm³/mol. The van der Waals surface area contributed by atoms with Crippen molar-refractivity contribution in [3.05, 3.63) is 0 Å². The fourth-order valence-corrected chi connectivity index (χ4v) is 4.27. The molecule has 0 aliphatic carbocycles. The molecule has 2 saturated heterocycles. The Morgan fingerprint density at radius 1 is 0.575 bits per heavy atom. The average Bonchev–Trinajstić information content (AvgIpc) is 2.80. The van der Waals surface area contributed by atoms with Crippen LogP contribution in [0.4, 0.5) is 0 Å². The molecular formula is C24H34O16. The number of carbonyl (C=O) groups excluding carboxylic acids is 6. The number of esters is 6. The molecule has 2 rings (SSSR count). The van der Waals surface area contributed by atoms with Crippen molar-refractivity contribution in [3.8, 4) is 0 Å². The molecule has 0 unspecified atom stereocenters. The molecule has 2 aliphatic rings. The van der Waals surface area contributed by atoms with E-state index in [-0.39, 0.29) is 0 Å². The van der Waals surface area contributed by atoms with Crippen molar-refractivity contribution in [1.82, 2.24) is 0 Å². The maximum Gasteiger partial charge on any atom is 0.303 e. The first-order chi connectivity index (χ1) is 18.6. The monoisotopic (exact) mass is 578 g/mol. The van der Waals surface area contributed by atoms with Gasteiger partial charge in [-0.2, -0.15) is 0 Å². The van der Waals surface area contributed by atoms with E-state index in [9.17, 15) is 33.9 Å². The third kappa shape index (κ3) is 9.11. The Hall–Kier alpha value is -3.34. The van der Waals surface area contributed by atoms with Crippen LogP contribution in [0.5, 0.6) is 0 Å². The molecule has 0 saturated carbocycles. The molecule has 0 aromatic rings. The average molecular weight is 579 g/mol. The third-order valence-corrected chi connectivity index (χ3v) is 5.59. The highest BCUT2D eigenvalue weighted by Crippen LogP contribution is 2.34. The van der Waals surface area contributed by atoms with E-state index >= 15 is 0 Å². The van der Waals surface area contributed by atoms with Crippen LogP contribution in [0.1, 0.15) is 48.5 Å². The summed E-state index contributed by atoms with van der Waals surface area (Å²) in [5, 5.41) is 10.8. The van der Waals surface area contributed by atoms with Crippen molar-refractivity contribution in [2.75, 3.05) is 6.61 Å². The van der Waals surface area contributed by atoms with Crippen molar-refractivity contribution in [1.29, 1.82) is 0 Å². The lowest BCUT2D eigenvalue weighted by Gasteiger charge is -2.47. The number of hydrogen-bond acceptors (Lipinski definition) is 16. The second-order valence-corrected chi connectivity index (χ2v) is 9.05. The summed E-state index contributed by atoms with van der Waals surface area (Å²) in [7, 11) is 0. The van der Waals surface area contributed by atoms with Gasteiger partial charge in [0, 0.05) is 41.5 Å². The quantitative estimate of drug-likeness (QED) is 0.259. The zero-order chi connectivity index (χ0) is 30.3. The van der Waals surface area contributed by atoms with Crippen LogP contribution in [0.15, 0.2) is 0 Å². The van der Waals surface area contributed by atoms with Gasteiger partial charge in [0.1, 0.15) is 12.7 Å². The van der Waals surface area contributed by atoms with Crippen LogP contribution in [0.25, 0.3) is 0 Å². The molecule has 0 radical (unpaired) electrons. The van der Waals surface area contributed by atoms with Gasteiger partial charge < -0.3 is 47.7 Å². The van der Waals surface area contributed by atoms with E-state index < -0.39 is 104 Å². The molecule has 2 heterocycles. The number of hydrogen-bond donors (Lipinski definition) is 1. The molecule has 2 aliphatic heterocycles. The van der Waals surface area contributed by atoms with Crippen LogP contribution in [0, 0.1) is 0 Å². The minimum absolute atomic E-state index is 0.486. The lowest BCUT2D eigenvalue weighted by molar-refractivity contribution is -0.360. The van der Waals surface area contributed by atoms with Gasteiger partial charge in [-0.3, -0.25) is 28.8 Å². The highest BCUT2D eigenvalue weighted by atomic mass is 16.8. The molecule has 2 fully saturated rings. The van der Waals surface area contributed by atoms with E-state index in [0.29, 0.717) is 0 Å². The summed E-state index contributed by atoms with van der Waals surface area (Å²) >= 11 is 0. The summed E-state index contributed by atoms with van der Waals surface area (Å²) in [4.78, 5) is 70.9. The Morgan fingerprint density at radius 3 is 1.48 bits per heavy atom. The Balaban J connectivity index is 2.49. The topological polar surface area (TPSA) is 206 Å². The molecule has 1 N–H and O–H groups in total. The zero-order valence-electron chi connectivity index (χ0n) is 23.1. The Bertz CT molecular complexity index is 965. The molecule has 16 heteroatoms. The van der Waals surface area contributed by atoms with Gasteiger partial charge in [0.25, 0.3) is 0 Å². The van der Waals surface area contributed by atoms with Crippen LogP contribution in [0.3, 0.4) is 0 Å². The molecule has 16 nitrogen and oxygen atoms in total. The van der Waals surface area contributed by atoms with E-state index in [2.05, 4.69) is 0 Å². The smallest absolute Gasteiger partial charge is 0.303 e. The highest BCUT2D eigenvalue weighted by molar-refractivity contribution is 5.69. The first kappa shape index (κ1) is 32.9. The van der Waals surface area contributed by atoms with E-state index in [0.717, 1.165) is 41.5 Å². The van der Waals surface area contributed by atoms with Crippen molar-refractivity contribution >= 4 is 35.8 Å². The summed E-state index contributed by atoms with van der Waals surface area (Å²) in [5.41, 5.74) is 0. The Labute approximate surface area is 229 Å². The Morgan fingerprint density at radius 2 is 1.00 bits per heavy atom. The predicted octanol–water partition coefficient (Wildman–Crippen LogP) is -0.945. The number of ether oxygens (including phenoxy) is 9. The van der Waals surface area contributed by atoms with E-state index in [1.54, 1.807) is 0 Å². The first-order valence-electron chi connectivity index (χ1n) is 12.2. The van der Waals surface area contributed by atoms with Crippen LogP contribution >= 0.6 is 0 Å². The van der Waals surface area contributed by atoms with Crippen molar-refractivity contribution in [2.45, 2.75) is 110 Å². The molecule has 0 aromatic heterocycles. The molecule has 0 spiro atoms. The van der Waals surface area contributed by atoms with Gasteiger partial charge in [-0.05, 0) is 6.92 Å². The second kappa shape index (κ2) is 14.3. The minimum Gasteiger partial charge on any atom is -0.463 e. The maximum absolute atomic E-state index is 12.0. The van der Waals surface area contributed by atoms with Gasteiger partial charge >= 0.3 is 35.8 Å². The van der Waals surface area contributed by atoms with Crippen LogP contribution in [-0.2, 0) is 71.4 Å². The molecule has 226 valence electrons. The van der Waals surface area contributed by atoms with Gasteiger partial charge in [0.05, 0.1) is 6.10 Å². The first-order valence-corrected chi connectivity index (χ1v) is 12.2. The molecule has 40 heavy (non-hydrogen) atoms. The third-order valence-electron chi connectivity index (χ3n) is 5.59. The van der Waals surface area contributed by atoms with Crippen molar-refractivity contribution in [3.63, 3.8) is 0 Å². The normalized spacial score (nSPS) is 33.6. The zero-order valence-corrected chi connectivity index (χ0v) is 23.1. The number of aliphatic hydroxyl groups is 1. The maximum atomic E-state index is 12.0. The number of rotatable bonds is 9. The van der Waals surface area contributed by atoms with Crippen molar-refractivity contribution in [2.24, 2.45) is 0 Å². The summed E-state index contributed by atoms with van der Waals surface area (Å²) in [6, 6.07) is 0. The number of aliphatic hydroxyl groups excluding tert-OH is 1. The molecule has 0 amide bonds. The molecule has 0 aromatic carbocycles. The summed E-state index contributed by atoms with van der Waals surface area (Å²) in [6.07, 6.45) is -14.7. The van der Waals surface area contributed by atoms with E-state index in [4.69, 9.17) is 42.6 Å². The molecule has 10 atom stereocenters. The van der Waals surface area contributed by atoms with Gasteiger partial charge in [-0.25, -0.2) is 0 Å². The van der Waals surface area contributed by atoms with Gasteiger partial charge in [-0.15, -0.1) is 0 Å². The lowest BCUT2D eigenvalue weighted by atomic mass is 9.96. The van der Waals surface area contributed by atoms with Gasteiger partial charge in [0.2, 0.25) is 0 Å². The molecular weight excluding hydrogens is 544 g/mol. The minimum atomic E-state index is -1.90. The van der Waals surface area contributed by atoms with Crippen molar-refractivity contribution < 1.29 is 76.5 Å². The fraction of sp³-hybridized carbons (Fsp3) is 0.750. The second-order valence-electron chi connectivity index (χ2n) is 9.05. The lowest BCUT2D eigenvalue weighted by Crippen LogP contribution is -2.66. The van der Waals surface area contributed by atoms with E-state index in [1.165, 1.54) is 6.92 Å². The largest absolute Gasteiger partial charge is 0.463 e. The Kier molecular flexibility index (Phi) is 11.8. The number of carbonyl (C=O) groups is 6. The highest BCUT2D eigenvalue weighted by Gasteiger charge is 2.56. The van der Waals surface area contributed by atoms with E-state index in [1.807, 2.05) is 0 Å². The summed E-state index contributed by atoms with van der Waals surface area (Å²) < 4.78 is 48.6. The summed E-state index contributed by atoms with van der Waals surface area (Å²) in [6.45, 7) is 7.45. The molecule has 0 bridgehead atoms. The van der Waals surface area contributed by atoms with Crippen LogP contribution < -0.4 is 0 Å². The van der Waals surface area contributed by atoms with Crippen LogP contribution in [-0.4, -0.2) is 109 Å². The van der Waals surface area contributed by atoms with Gasteiger partial charge in [-0.1, -0.05) is 0 Å². The van der Waals surface area contributed by atoms with Gasteiger partial charge in [0.15, 0.2) is 49.2 Å². The van der Waals surface area contributed by atoms with Crippen LogP contribution in [0.2, 0.25) is 0 Å². The standard InChI is InChI=1S/C24H34O16/c1-9-17(34-11(3)26)19(36-13(5)28)22(38-15(7)30)24(33-9)40-21-20(37-14(6)29)18(35-12(4)27)16(39-23(21)31)8-32-10(2)25/h9,16-24,31H,8H2,1-7H3/t9-,16+,17-,18+,19+,20-,21+,22+,23+,24-/m0/s1.